The number of hydrogen-bond donors (Lipinski definition) is 2. The predicted octanol–water partition coefficient (Wildman–Crippen LogP) is 4.40. The van der Waals surface area contributed by atoms with Gasteiger partial charge in [-0.2, -0.15) is 0 Å². The number of carbonyl (C=O) groups is 1. The molecule has 0 saturated heterocycles. The zero-order valence-electron chi connectivity index (χ0n) is 15.4. The van der Waals surface area contributed by atoms with Crippen molar-refractivity contribution in [1.29, 1.82) is 0 Å². The Morgan fingerprint density at radius 3 is 2.37 bits per heavy atom. The highest BCUT2D eigenvalue weighted by Gasteiger charge is 2.09. The maximum Gasteiger partial charge on any atom is 0.257 e. The van der Waals surface area contributed by atoms with Crippen molar-refractivity contribution in [3.8, 4) is 11.5 Å². The third-order valence-electron chi connectivity index (χ3n) is 4.01. The molecule has 0 fully saturated rings. The molecule has 0 unspecified atom stereocenters. The van der Waals surface area contributed by atoms with E-state index in [1.807, 2.05) is 43.3 Å². The molecule has 6 nitrogen and oxygen atoms in total. The van der Waals surface area contributed by atoms with Crippen LogP contribution in [0.15, 0.2) is 60.8 Å². The lowest BCUT2D eigenvalue weighted by atomic mass is 10.2. The summed E-state index contributed by atoms with van der Waals surface area (Å²) in [5.74, 6) is 1.73. The van der Waals surface area contributed by atoms with Crippen molar-refractivity contribution < 1.29 is 14.3 Å². The first kappa shape index (κ1) is 18.3. The summed E-state index contributed by atoms with van der Waals surface area (Å²) in [7, 11) is 3.19. The standard InChI is InChI=1S/C21H21N3O3/c1-14-4-7-16(8-5-14)23-21(25)15-6-11-20(22-13-15)24-18-10-9-17(26-2)12-19(18)27-3/h4-13H,1-3H3,(H,22,24)(H,23,25). The van der Waals surface area contributed by atoms with Crippen molar-refractivity contribution in [3.63, 3.8) is 0 Å². The van der Waals surface area contributed by atoms with Crippen molar-refractivity contribution in [2.75, 3.05) is 24.9 Å². The molecule has 0 radical (unpaired) electrons. The molecule has 0 bridgehead atoms. The number of amides is 1. The number of methoxy groups -OCH3 is 2. The number of aromatic nitrogens is 1. The van der Waals surface area contributed by atoms with Crippen LogP contribution in [-0.2, 0) is 0 Å². The van der Waals surface area contributed by atoms with Crippen LogP contribution in [0.2, 0.25) is 0 Å². The largest absolute Gasteiger partial charge is 0.497 e. The molecule has 0 spiro atoms. The third kappa shape index (κ3) is 4.55. The number of carbonyl (C=O) groups excluding carboxylic acids is 1. The fourth-order valence-corrected chi connectivity index (χ4v) is 2.48. The first-order valence-corrected chi connectivity index (χ1v) is 8.42. The normalized spacial score (nSPS) is 10.2. The summed E-state index contributed by atoms with van der Waals surface area (Å²) in [6.45, 7) is 2.00. The van der Waals surface area contributed by atoms with Crippen LogP contribution in [0.5, 0.6) is 11.5 Å². The number of rotatable bonds is 6. The van der Waals surface area contributed by atoms with Crippen LogP contribution >= 0.6 is 0 Å². The second-order valence-electron chi connectivity index (χ2n) is 5.94. The van der Waals surface area contributed by atoms with E-state index in [1.54, 1.807) is 32.4 Å². The summed E-state index contributed by atoms with van der Waals surface area (Å²) in [6.07, 6.45) is 1.53. The molecule has 1 amide bonds. The zero-order valence-corrected chi connectivity index (χ0v) is 15.4. The highest BCUT2D eigenvalue weighted by Crippen LogP contribution is 2.30. The summed E-state index contributed by atoms with van der Waals surface area (Å²) >= 11 is 0. The Labute approximate surface area is 158 Å². The molecule has 3 aromatic rings. The predicted molar refractivity (Wildman–Crippen MR) is 106 cm³/mol. The summed E-state index contributed by atoms with van der Waals surface area (Å²) in [4.78, 5) is 16.6. The van der Waals surface area contributed by atoms with Crippen molar-refractivity contribution >= 4 is 23.1 Å². The summed E-state index contributed by atoms with van der Waals surface area (Å²) in [6, 6.07) is 16.5. The minimum atomic E-state index is -0.208. The van der Waals surface area contributed by atoms with E-state index in [0.717, 1.165) is 16.9 Å². The summed E-state index contributed by atoms with van der Waals surface area (Å²) in [5.41, 5.74) is 3.11. The SMILES string of the molecule is COc1ccc(Nc2ccc(C(=O)Nc3ccc(C)cc3)cn2)c(OC)c1. The Morgan fingerprint density at radius 2 is 1.74 bits per heavy atom. The molecule has 2 N–H and O–H groups in total. The van der Waals surface area contributed by atoms with Crippen LogP contribution in [0.25, 0.3) is 0 Å². The lowest BCUT2D eigenvalue weighted by Gasteiger charge is -2.12. The molecule has 0 aliphatic carbocycles. The molecular weight excluding hydrogens is 342 g/mol. The molecule has 0 aliphatic heterocycles. The molecule has 1 heterocycles. The van der Waals surface area contributed by atoms with Gasteiger partial charge in [-0.25, -0.2) is 4.98 Å². The molecule has 6 heteroatoms. The van der Waals surface area contributed by atoms with Gasteiger partial charge < -0.3 is 20.1 Å². The van der Waals surface area contributed by atoms with E-state index in [-0.39, 0.29) is 5.91 Å². The van der Waals surface area contributed by atoms with E-state index in [0.29, 0.717) is 22.9 Å². The van der Waals surface area contributed by atoms with Gasteiger partial charge >= 0.3 is 0 Å². The molecule has 27 heavy (non-hydrogen) atoms. The van der Waals surface area contributed by atoms with Gasteiger partial charge in [0.2, 0.25) is 0 Å². The molecule has 0 atom stereocenters. The van der Waals surface area contributed by atoms with Crippen molar-refractivity contribution in [1.82, 2.24) is 4.98 Å². The van der Waals surface area contributed by atoms with Crippen molar-refractivity contribution in [2.24, 2.45) is 0 Å². The minimum Gasteiger partial charge on any atom is -0.497 e. The molecule has 0 aliphatic rings. The van der Waals surface area contributed by atoms with Gasteiger partial charge in [0, 0.05) is 18.0 Å². The van der Waals surface area contributed by atoms with Crippen molar-refractivity contribution in [3.05, 3.63) is 71.9 Å². The Balaban J connectivity index is 1.70. The first-order chi connectivity index (χ1) is 13.1. The topological polar surface area (TPSA) is 72.5 Å². The first-order valence-electron chi connectivity index (χ1n) is 8.42. The van der Waals surface area contributed by atoms with E-state index >= 15 is 0 Å². The average Bonchev–Trinajstić information content (AvgIpc) is 2.70. The number of hydrogen-bond acceptors (Lipinski definition) is 5. The van der Waals surface area contributed by atoms with Crippen LogP contribution in [-0.4, -0.2) is 25.1 Å². The van der Waals surface area contributed by atoms with Gasteiger partial charge in [0.15, 0.2) is 0 Å². The van der Waals surface area contributed by atoms with Gasteiger partial charge in [0.05, 0.1) is 25.5 Å². The van der Waals surface area contributed by atoms with Gasteiger partial charge in [-0.05, 0) is 43.3 Å². The van der Waals surface area contributed by atoms with Crippen LogP contribution in [0.4, 0.5) is 17.2 Å². The number of ether oxygens (including phenoxy) is 2. The fourth-order valence-electron chi connectivity index (χ4n) is 2.48. The van der Waals surface area contributed by atoms with E-state index in [9.17, 15) is 4.79 Å². The monoisotopic (exact) mass is 363 g/mol. The summed E-state index contributed by atoms with van der Waals surface area (Å²) < 4.78 is 10.6. The second-order valence-corrected chi connectivity index (χ2v) is 5.94. The second kappa shape index (κ2) is 8.23. The number of anilines is 3. The fraction of sp³-hybridized carbons (Fsp3) is 0.143. The van der Waals surface area contributed by atoms with Gasteiger partial charge in [0.25, 0.3) is 5.91 Å². The van der Waals surface area contributed by atoms with E-state index in [4.69, 9.17) is 9.47 Å². The van der Waals surface area contributed by atoms with Gasteiger partial charge in [-0.3, -0.25) is 4.79 Å². The quantitative estimate of drug-likeness (QED) is 0.679. The Kier molecular flexibility index (Phi) is 5.56. The van der Waals surface area contributed by atoms with E-state index < -0.39 is 0 Å². The third-order valence-corrected chi connectivity index (χ3v) is 4.01. The zero-order chi connectivity index (χ0) is 19.2. The van der Waals surface area contributed by atoms with Gasteiger partial charge in [-0.1, -0.05) is 17.7 Å². The molecular formula is C21H21N3O3. The van der Waals surface area contributed by atoms with Crippen LogP contribution < -0.4 is 20.1 Å². The molecule has 138 valence electrons. The Bertz CT molecular complexity index is 922. The highest BCUT2D eigenvalue weighted by atomic mass is 16.5. The molecule has 2 aromatic carbocycles. The number of aryl methyl sites for hydroxylation is 1. The van der Waals surface area contributed by atoms with Gasteiger partial charge in [-0.15, -0.1) is 0 Å². The Morgan fingerprint density at radius 1 is 0.963 bits per heavy atom. The van der Waals surface area contributed by atoms with E-state index in [2.05, 4.69) is 15.6 Å². The van der Waals surface area contributed by atoms with Crippen LogP contribution in [0.1, 0.15) is 15.9 Å². The smallest absolute Gasteiger partial charge is 0.257 e. The number of pyridine rings is 1. The average molecular weight is 363 g/mol. The van der Waals surface area contributed by atoms with Crippen LogP contribution in [0.3, 0.4) is 0 Å². The number of benzene rings is 2. The van der Waals surface area contributed by atoms with Crippen LogP contribution in [0, 0.1) is 6.92 Å². The number of nitrogens with zero attached hydrogens (tertiary/aromatic N) is 1. The molecule has 3 rings (SSSR count). The van der Waals surface area contributed by atoms with E-state index in [1.165, 1.54) is 6.20 Å². The maximum absolute atomic E-state index is 12.3. The maximum atomic E-state index is 12.3. The minimum absolute atomic E-state index is 0.208. The lowest BCUT2D eigenvalue weighted by molar-refractivity contribution is 0.102. The lowest BCUT2D eigenvalue weighted by Crippen LogP contribution is -2.12. The van der Waals surface area contributed by atoms with Gasteiger partial charge in [0.1, 0.15) is 17.3 Å². The number of nitrogens with one attached hydrogen (secondary N) is 2. The highest BCUT2D eigenvalue weighted by molar-refractivity contribution is 6.04. The Hall–Kier alpha value is -3.54. The van der Waals surface area contributed by atoms with Crippen molar-refractivity contribution in [2.45, 2.75) is 6.92 Å². The molecule has 0 saturated carbocycles. The summed E-state index contributed by atoms with van der Waals surface area (Å²) in [5, 5.41) is 6.03. The molecule has 1 aromatic heterocycles.